The number of nitrogens with one attached hydrogen (secondary N) is 2. The smallest absolute Gasteiger partial charge is 0.338 e. The Bertz CT molecular complexity index is 1100. The minimum absolute atomic E-state index is 0. The molecule has 2 aromatic carbocycles. The summed E-state index contributed by atoms with van der Waals surface area (Å²) >= 11 is 0. The van der Waals surface area contributed by atoms with Gasteiger partial charge in [-0.05, 0) is 50.2 Å². The third kappa shape index (κ3) is 5.90. The van der Waals surface area contributed by atoms with Gasteiger partial charge in [0.1, 0.15) is 0 Å². The number of esters is 1. The molecule has 8 heteroatoms. The maximum atomic E-state index is 13.0. The molecule has 4 rings (SSSR count). The van der Waals surface area contributed by atoms with Crippen molar-refractivity contribution in [2.75, 3.05) is 17.2 Å². The van der Waals surface area contributed by atoms with E-state index in [1.165, 1.54) is 25.5 Å². The van der Waals surface area contributed by atoms with Crippen molar-refractivity contribution in [3.8, 4) is 0 Å². The van der Waals surface area contributed by atoms with Gasteiger partial charge in [-0.3, -0.25) is 9.78 Å². The van der Waals surface area contributed by atoms with Crippen LogP contribution in [0.25, 0.3) is 11.0 Å². The molecule has 1 aliphatic rings. The summed E-state index contributed by atoms with van der Waals surface area (Å²) in [5.74, 6) is -0.705. The molecule has 1 aliphatic carbocycles. The molecule has 3 aromatic rings. The van der Waals surface area contributed by atoms with E-state index in [0.717, 1.165) is 18.5 Å². The maximum absolute atomic E-state index is 13.0. The Morgan fingerprint density at radius 1 is 1.03 bits per heavy atom. The summed E-state index contributed by atoms with van der Waals surface area (Å²) in [7, 11) is 0. The molecule has 1 heterocycles. The predicted molar refractivity (Wildman–Crippen MR) is 119 cm³/mol. The first kappa shape index (κ1) is 24.3. The van der Waals surface area contributed by atoms with E-state index >= 15 is 0 Å². The van der Waals surface area contributed by atoms with Crippen LogP contribution in [0.1, 0.15) is 59.7 Å². The fourth-order valence-electron chi connectivity index (χ4n) is 3.84. The van der Waals surface area contributed by atoms with Crippen LogP contribution in [-0.4, -0.2) is 34.5 Å². The second-order valence-corrected chi connectivity index (χ2v) is 7.62. The number of carbonyl (C=O) groups is 2. The number of aromatic nitrogens is 2. The first-order chi connectivity index (χ1) is 15.1. The van der Waals surface area contributed by atoms with Crippen molar-refractivity contribution < 1.29 is 47.0 Å². The number of carbonyl (C=O) groups excluding carboxylic acids is 2. The monoisotopic (exact) mass is 506 g/mol. The van der Waals surface area contributed by atoms with Gasteiger partial charge in [0.15, 0.2) is 0 Å². The summed E-state index contributed by atoms with van der Waals surface area (Å²) in [6.45, 7) is 2.05. The van der Waals surface area contributed by atoms with Gasteiger partial charge in [-0.1, -0.05) is 30.8 Å². The molecule has 0 spiro atoms. The molecule has 0 atom stereocenters. The fraction of sp³-hybridized carbons (Fsp3) is 0.333. The second-order valence-electron chi connectivity index (χ2n) is 7.62. The number of rotatable bonds is 6. The Morgan fingerprint density at radius 3 is 2.59 bits per heavy atom. The number of hydrogen-bond donors (Lipinski definition) is 2. The summed E-state index contributed by atoms with van der Waals surface area (Å²) in [6, 6.07) is 10.7. The topological polar surface area (TPSA) is 93.2 Å². The normalized spacial score (nSPS) is 13.8. The number of benzene rings is 2. The summed E-state index contributed by atoms with van der Waals surface area (Å²) in [5.41, 5.74) is 3.48. The molecule has 7 nitrogen and oxygen atoms in total. The molecule has 1 aromatic heterocycles. The zero-order valence-corrected chi connectivity index (χ0v) is 20.9. The van der Waals surface area contributed by atoms with Gasteiger partial charge >= 0.3 is 5.97 Å². The van der Waals surface area contributed by atoms with E-state index in [1.807, 2.05) is 6.07 Å². The van der Waals surface area contributed by atoms with Crippen LogP contribution in [0.15, 0.2) is 42.6 Å². The molecular weight excluding hydrogens is 481 g/mol. The average molecular weight is 506 g/mol. The van der Waals surface area contributed by atoms with Crippen LogP contribution in [0.3, 0.4) is 0 Å². The van der Waals surface area contributed by atoms with Crippen LogP contribution >= 0.6 is 0 Å². The van der Waals surface area contributed by atoms with Crippen LogP contribution in [0.5, 0.6) is 0 Å². The summed E-state index contributed by atoms with van der Waals surface area (Å²) in [4.78, 5) is 33.5. The largest absolute Gasteiger partial charge is 0.462 e. The molecule has 163 valence electrons. The quantitative estimate of drug-likeness (QED) is 0.375. The number of amides is 1. The Morgan fingerprint density at radius 2 is 1.81 bits per heavy atom. The molecule has 1 saturated carbocycles. The second kappa shape index (κ2) is 11.5. The van der Waals surface area contributed by atoms with Crippen LogP contribution in [0.2, 0.25) is 0 Å². The Balaban J connectivity index is 0.00000289. The Labute approximate surface area is 212 Å². The Kier molecular flexibility index (Phi) is 8.70. The van der Waals surface area contributed by atoms with E-state index in [0.29, 0.717) is 33.9 Å². The summed E-state index contributed by atoms with van der Waals surface area (Å²) < 4.78 is 5.12. The third-order valence-electron chi connectivity index (χ3n) is 5.43. The number of fused-ring (bicyclic) bond motifs is 1. The summed E-state index contributed by atoms with van der Waals surface area (Å²) in [6.07, 6.45) is 9.97. The van der Waals surface area contributed by atoms with Crippen molar-refractivity contribution >= 4 is 34.3 Å². The zero-order chi connectivity index (χ0) is 21.6. The van der Waals surface area contributed by atoms with Gasteiger partial charge in [0.25, 0.3) is 5.91 Å². The van der Waals surface area contributed by atoms with Gasteiger partial charge in [0.05, 0.1) is 23.5 Å². The summed E-state index contributed by atoms with van der Waals surface area (Å²) in [5, 5.41) is 6.49. The minimum Gasteiger partial charge on any atom is -0.462 e. The molecule has 0 bridgehead atoms. The van der Waals surface area contributed by atoms with Gasteiger partial charge in [-0.25, -0.2) is 4.79 Å². The number of hydrogen-bond acceptors (Lipinski definition) is 6. The van der Waals surface area contributed by atoms with Crippen LogP contribution in [0.4, 0.5) is 11.4 Å². The zero-order valence-electron chi connectivity index (χ0n) is 18.1. The van der Waals surface area contributed by atoms with E-state index in [4.69, 9.17) is 4.74 Å². The van der Waals surface area contributed by atoms with Crippen molar-refractivity contribution in [2.24, 2.45) is 0 Å². The van der Waals surface area contributed by atoms with Gasteiger partial charge in [0, 0.05) is 49.8 Å². The first-order valence-electron chi connectivity index (χ1n) is 10.7. The molecule has 0 saturated heterocycles. The first-order valence-corrected chi connectivity index (χ1v) is 10.7. The molecule has 0 aliphatic heterocycles. The predicted octanol–water partition coefficient (Wildman–Crippen LogP) is 4.60. The minimum atomic E-state index is -0.417. The standard InChI is InChI=1S/C24H25N4O3.Y/c1-2-31-24(30)17-9-11-20(27-18-6-4-3-5-7-18)22(15-17)28-23(29)16-8-10-19-21(14-16)26-13-12-25-19;/h8-11,13-15,18,27H,2-7H2,1H3,(H,28,29);/q-1;. The molecule has 2 N–H and O–H groups in total. The molecule has 1 fully saturated rings. The van der Waals surface area contributed by atoms with Gasteiger partial charge in [0.2, 0.25) is 0 Å². The number of anilines is 2. The van der Waals surface area contributed by atoms with Crippen molar-refractivity contribution in [3.63, 3.8) is 0 Å². The van der Waals surface area contributed by atoms with Crippen molar-refractivity contribution in [1.82, 2.24) is 9.97 Å². The van der Waals surface area contributed by atoms with Crippen molar-refractivity contribution in [2.45, 2.75) is 45.1 Å². The van der Waals surface area contributed by atoms with E-state index < -0.39 is 5.97 Å². The van der Waals surface area contributed by atoms with Gasteiger partial charge in [-0.2, -0.15) is 0 Å². The number of nitrogens with zero attached hydrogens (tertiary/aromatic N) is 2. The molecule has 1 amide bonds. The SMILES string of the molecule is CCOC(=O)c1ccc(NC2CCCCC2)c(NC(=O)c2ccc3n[c-]cnc3c2)c1.[Y]. The maximum Gasteiger partial charge on any atom is 0.338 e. The third-order valence-corrected chi connectivity index (χ3v) is 5.43. The van der Waals surface area contributed by atoms with Crippen LogP contribution in [-0.2, 0) is 37.4 Å². The van der Waals surface area contributed by atoms with Crippen molar-refractivity contribution in [3.05, 3.63) is 59.9 Å². The van der Waals surface area contributed by atoms with E-state index in [-0.39, 0.29) is 45.2 Å². The molecule has 1 radical (unpaired) electrons. The van der Waals surface area contributed by atoms with Crippen molar-refractivity contribution in [1.29, 1.82) is 0 Å². The molecule has 0 unspecified atom stereocenters. The molecule has 32 heavy (non-hydrogen) atoms. The molecular formula is C24H25N4O3Y-. The number of ether oxygens (including phenoxy) is 1. The van der Waals surface area contributed by atoms with Gasteiger partial charge < -0.3 is 20.4 Å². The van der Waals surface area contributed by atoms with Crippen LogP contribution in [0, 0.1) is 6.20 Å². The Hall–Kier alpha value is -2.38. The van der Waals surface area contributed by atoms with Crippen LogP contribution < -0.4 is 10.6 Å². The van der Waals surface area contributed by atoms with E-state index in [9.17, 15) is 9.59 Å². The average Bonchev–Trinajstić information content (AvgIpc) is 2.80. The fourth-order valence-corrected chi connectivity index (χ4v) is 3.84. The van der Waals surface area contributed by atoms with E-state index in [2.05, 4.69) is 26.8 Å². The van der Waals surface area contributed by atoms with E-state index in [1.54, 1.807) is 37.3 Å². The van der Waals surface area contributed by atoms with Gasteiger partial charge in [-0.15, -0.1) is 12.3 Å².